The van der Waals surface area contributed by atoms with Gasteiger partial charge in [0.05, 0.1) is 19.0 Å². The lowest BCUT2D eigenvalue weighted by Gasteiger charge is -2.31. The van der Waals surface area contributed by atoms with Crippen LogP contribution in [0.1, 0.15) is 19.8 Å². The second-order valence-electron chi connectivity index (χ2n) is 6.91. The summed E-state index contributed by atoms with van der Waals surface area (Å²) in [4.78, 5) is 30.8. The van der Waals surface area contributed by atoms with Gasteiger partial charge in [0, 0.05) is 20.6 Å². The second-order valence-corrected chi connectivity index (χ2v) is 6.91. The number of imidazole rings is 1. The van der Waals surface area contributed by atoms with Gasteiger partial charge in [0.1, 0.15) is 0 Å². The van der Waals surface area contributed by atoms with Crippen molar-refractivity contribution < 1.29 is 5.11 Å². The van der Waals surface area contributed by atoms with Gasteiger partial charge in [-0.05, 0) is 31.8 Å². The first-order valence-electron chi connectivity index (χ1n) is 8.39. The number of aliphatic hydroxyl groups is 1. The summed E-state index contributed by atoms with van der Waals surface area (Å²) < 4.78 is 4.07. The Morgan fingerprint density at radius 3 is 2.54 bits per heavy atom. The number of aromatic nitrogens is 4. The molecule has 1 saturated heterocycles. The summed E-state index contributed by atoms with van der Waals surface area (Å²) in [5.41, 5.74) is -0.0849. The summed E-state index contributed by atoms with van der Waals surface area (Å²) >= 11 is 0. The van der Waals surface area contributed by atoms with Gasteiger partial charge >= 0.3 is 5.69 Å². The van der Waals surface area contributed by atoms with E-state index >= 15 is 0 Å². The van der Waals surface area contributed by atoms with Crippen LogP contribution in [0.2, 0.25) is 0 Å². The van der Waals surface area contributed by atoms with Crippen molar-refractivity contribution in [1.29, 1.82) is 0 Å². The number of hydrogen-bond donors (Lipinski definition) is 1. The van der Waals surface area contributed by atoms with Gasteiger partial charge in [-0.15, -0.1) is 0 Å². The molecule has 132 valence electrons. The number of likely N-dealkylation sites (tertiary alicyclic amines) is 1. The maximum absolute atomic E-state index is 12.4. The minimum absolute atomic E-state index is 0.288. The number of rotatable bonds is 4. The van der Waals surface area contributed by atoms with Crippen LogP contribution < -0.4 is 11.2 Å². The molecule has 0 aliphatic carbocycles. The zero-order valence-electron chi connectivity index (χ0n) is 14.5. The van der Waals surface area contributed by atoms with Crippen LogP contribution in [0.15, 0.2) is 15.9 Å². The van der Waals surface area contributed by atoms with Crippen LogP contribution in [0.25, 0.3) is 11.2 Å². The van der Waals surface area contributed by atoms with Gasteiger partial charge in [-0.2, -0.15) is 0 Å². The van der Waals surface area contributed by atoms with Crippen LogP contribution in [-0.2, 0) is 20.6 Å². The van der Waals surface area contributed by atoms with E-state index in [9.17, 15) is 14.7 Å². The monoisotopic (exact) mass is 335 g/mol. The maximum atomic E-state index is 12.4. The fourth-order valence-corrected chi connectivity index (χ4v) is 3.36. The van der Waals surface area contributed by atoms with Crippen molar-refractivity contribution in [2.24, 2.45) is 20.0 Å². The summed E-state index contributed by atoms with van der Waals surface area (Å²) in [5.74, 6) is 0.750. The molecule has 1 unspecified atom stereocenters. The molecule has 8 nitrogen and oxygen atoms in total. The minimum atomic E-state index is -0.585. The maximum Gasteiger partial charge on any atom is 0.332 e. The average molecular weight is 335 g/mol. The summed E-state index contributed by atoms with van der Waals surface area (Å²) in [6.07, 6.45) is 3.25. The first-order chi connectivity index (χ1) is 11.4. The number of aliphatic hydroxyl groups excluding tert-OH is 1. The van der Waals surface area contributed by atoms with Crippen molar-refractivity contribution in [3.63, 3.8) is 0 Å². The van der Waals surface area contributed by atoms with E-state index in [1.54, 1.807) is 11.6 Å². The van der Waals surface area contributed by atoms with Crippen molar-refractivity contribution >= 4 is 11.2 Å². The minimum Gasteiger partial charge on any atom is -0.390 e. The molecular weight excluding hydrogens is 310 g/mol. The van der Waals surface area contributed by atoms with Gasteiger partial charge in [-0.25, -0.2) is 9.78 Å². The summed E-state index contributed by atoms with van der Waals surface area (Å²) in [6.45, 7) is 5.12. The highest BCUT2D eigenvalue weighted by molar-refractivity contribution is 5.69. The smallest absolute Gasteiger partial charge is 0.332 e. The van der Waals surface area contributed by atoms with E-state index in [2.05, 4.69) is 16.8 Å². The standard InChI is InChI=1S/C16H25N5O3/c1-11-4-6-20(7-5-11)8-12(22)9-21-10-17-14-13(21)15(23)19(3)16(24)18(14)2/h10-12,22H,4-9H2,1-3H3. The summed E-state index contributed by atoms with van der Waals surface area (Å²) in [6, 6.07) is 0. The number of aryl methyl sites for hydroxylation is 1. The Bertz CT molecular complexity index is 842. The van der Waals surface area contributed by atoms with E-state index < -0.39 is 11.8 Å². The van der Waals surface area contributed by atoms with Crippen molar-refractivity contribution in [2.45, 2.75) is 32.4 Å². The largest absolute Gasteiger partial charge is 0.390 e. The molecule has 2 aromatic heterocycles. The van der Waals surface area contributed by atoms with Crippen LogP contribution >= 0.6 is 0 Å². The summed E-state index contributed by atoms with van der Waals surface area (Å²) in [7, 11) is 3.04. The van der Waals surface area contributed by atoms with Gasteiger partial charge in [-0.3, -0.25) is 13.9 Å². The van der Waals surface area contributed by atoms with Crippen LogP contribution in [0.4, 0.5) is 0 Å². The zero-order chi connectivity index (χ0) is 17.4. The highest BCUT2D eigenvalue weighted by atomic mass is 16.3. The molecule has 3 heterocycles. The molecule has 1 aliphatic heterocycles. The fourth-order valence-electron chi connectivity index (χ4n) is 3.36. The molecule has 0 saturated carbocycles. The Kier molecular flexibility index (Phi) is 4.60. The molecule has 1 atom stereocenters. The Morgan fingerprint density at radius 2 is 1.88 bits per heavy atom. The SMILES string of the molecule is CC1CCN(CC(O)Cn2cnc3c2c(=O)n(C)c(=O)n3C)CC1. The molecule has 0 spiro atoms. The van der Waals surface area contributed by atoms with Crippen molar-refractivity contribution in [3.8, 4) is 0 Å². The van der Waals surface area contributed by atoms with Gasteiger partial charge < -0.3 is 14.6 Å². The Balaban J connectivity index is 1.80. The average Bonchev–Trinajstić information content (AvgIpc) is 2.96. The van der Waals surface area contributed by atoms with E-state index in [0.717, 1.165) is 36.4 Å². The van der Waals surface area contributed by atoms with E-state index in [1.807, 2.05) is 0 Å². The molecule has 0 radical (unpaired) electrons. The number of piperidine rings is 1. The predicted molar refractivity (Wildman–Crippen MR) is 91.1 cm³/mol. The quantitative estimate of drug-likeness (QED) is 0.816. The van der Waals surface area contributed by atoms with E-state index in [-0.39, 0.29) is 12.1 Å². The lowest BCUT2D eigenvalue weighted by Crippen LogP contribution is -2.40. The third kappa shape index (κ3) is 3.03. The summed E-state index contributed by atoms with van der Waals surface area (Å²) in [5, 5.41) is 10.4. The van der Waals surface area contributed by atoms with Crippen LogP contribution in [0, 0.1) is 5.92 Å². The van der Waals surface area contributed by atoms with Crippen molar-refractivity contribution in [1.82, 2.24) is 23.6 Å². The molecule has 0 aromatic carbocycles. The molecule has 0 bridgehead atoms. The Hall–Kier alpha value is -1.93. The zero-order valence-corrected chi connectivity index (χ0v) is 14.5. The molecule has 8 heteroatoms. The first-order valence-corrected chi connectivity index (χ1v) is 8.39. The lowest BCUT2D eigenvalue weighted by atomic mass is 9.99. The molecule has 24 heavy (non-hydrogen) atoms. The fraction of sp³-hybridized carbons (Fsp3) is 0.688. The number of nitrogens with zero attached hydrogens (tertiary/aromatic N) is 5. The molecule has 2 aromatic rings. The van der Waals surface area contributed by atoms with E-state index in [4.69, 9.17) is 0 Å². The predicted octanol–water partition coefficient (Wildman–Crippen LogP) is -0.473. The second kappa shape index (κ2) is 6.52. The van der Waals surface area contributed by atoms with Gasteiger partial charge in [0.25, 0.3) is 5.56 Å². The van der Waals surface area contributed by atoms with Gasteiger partial charge in [0.2, 0.25) is 0 Å². The highest BCUT2D eigenvalue weighted by Gasteiger charge is 2.20. The third-order valence-corrected chi connectivity index (χ3v) is 4.97. The normalized spacial score (nSPS) is 18.3. The van der Waals surface area contributed by atoms with Crippen LogP contribution in [0.3, 0.4) is 0 Å². The first kappa shape index (κ1) is 16.9. The molecule has 3 rings (SSSR count). The molecule has 1 N–H and O–H groups in total. The number of fused-ring (bicyclic) bond motifs is 1. The van der Waals surface area contributed by atoms with Crippen LogP contribution in [-0.4, -0.2) is 54.4 Å². The van der Waals surface area contributed by atoms with Crippen LogP contribution in [0.5, 0.6) is 0 Å². The Morgan fingerprint density at radius 1 is 1.21 bits per heavy atom. The van der Waals surface area contributed by atoms with E-state index in [1.165, 1.54) is 17.9 Å². The third-order valence-electron chi connectivity index (χ3n) is 4.97. The lowest BCUT2D eigenvalue weighted by molar-refractivity contribution is 0.0808. The number of β-amino-alcohol motifs (C(OH)–C–C–N with tert-alkyl or cyclic N) is 1. The van der Waals surface area contributed by atoms with Crippen molar-refractivity contribution in [3.05, 3.63) is 27.2 Å². The van der Waals surface area contributed by atoms with Gasteiger partial charge in [-0.1, -0.05) is 6.92 Å². The molecule has 0 amide bonds. The number of hydrogen-bond acceptors (Lipinski definition) is 5. The highest BCUT2D eigenvalue weighted by Crippen LogP contribution is 2.16. The van der Waals surface area contributed by atoms with Gasteiger partial charge in [0.15, 0.2) is 11.2 Å². The van der Waals surface area contributed by atoms with Crippen molar-refractivity contribution in [2.75, 3.05) is 19.6 Å². The molecule has 1 aliphatic rings. The molecular formula is C16H25N5O3. The Labute approximate surface area is 139 Å². The molecule has 1 fully saturated rings. The topological polar surface area (TPSA) is 85.3 Å². The van der Waals surface area contributed by atoms with E-state index in [0.29, 0.717) is 17.7 Å².